The van der Waals surface area contributed by atoms with Crippen LogP contribution in [-0.4, -0.2) is 60.4 Å². The Morgan fingerprint density at radius 2 is 2.00 bits per heavy atom. The predicted molar refractivity (Wildman–Crippen MR) is 95.4 cm³/mol. The Morgan fingerprint density at radius 1 is 1.23 bits per heavy atom. The lowest BCUT2D eigenvalue weighted by atomic mass is 9.91. The highest BCUT2D eigenvalue weighted by Crippen LogP contribution is 2.33. The summed E-state index contributed by atoms with van der Waals surface area (Å²) in [6.45, 7) is 2.46. The molecule has 2 saturated heterocycles. The topological polar surface area (TPSA) is 76.1 Å². The van der Waals surface area contributed by atoms with Crippen molar-refractivity contribution in [1.82, 2.24) is 4.90 Å². The van der Waals surface area contributed by atoms with E-state index in [1.807, 2.05) is 30.3 Å². The standard InChI is InChI=1S/C20H27NO5/c1-25-18(22)13-20(24,12-15-6-3-2-4-7-15)19(23)26-14-16-9-11-21-10-5-8-17(16)21/h2-4,6-7,16-17,24H,5,8-14H2,1H3/t16-,17-,20?/m1/s1. The molecule has 2 aliphatic rings. The first-order chi connectivity index (χ1) is 12.5. The molecule has 142 valence electrons. The number of fused-ring (bicyclic) bond motifs is 1. The third kappa shape index (κ3) is 4.24. The van der Waals surface area contributed by atoms with Crippen LogP contribution in [0, 0.1) is 5.92 Å². The van der Waals surface area contributed by atoms with E-state index >= 15 is 0 Å². The van der Waals surface area contributed by atoms with E-state index in [4.69, 9.17) is 4.74 Å². The molecule has 2 fully saturated rings. The molecule has 0 saturated carbocycles. The van der Waals surface area contributed by atoms with E-state index in [-0.39, 0.29) is 13.0 Å². The van der Waals surface area contributed by atoms with Crippen LogP contribution in [0.2, 0.25) is 0 Å². The molecule has 26 heavy (non-hydrogen) atoms. The molecule has 0 bridgehead atoms. The summed E-state index contributed by atoms with van der Waals surface area (Å²) in [6, 6.07) is 9.60. The number of methoxy groups -OCH3 is 1. The average Bonchev–Trinajstić information content (AvgIpc) is 3.24. The van der Waals surface area contributed by atoms with Gasteiger partial charge in [0.1, 0.15) is 0 Å². The van der Waals surface area contributed by atoms with Crippen LogP contribution in [-0.2, 0) is 25.5 Å². The summed E-state index contributed by atoms with van der Waals surface area (Å²) in [5.41, 5.74) is -1.15. The Balaban J connectivity index is 1.65. The number of carbonyl (C=O) groups is 2. The van der Waals surface area contributed by atoms with Crippen molar-refractivity contribution in [2.45, 2.75) is 43.7 Å². The van der Waals surface area contributed by atoms with Gasteiger partial charge in [0.15, 0.2) is 5.60 Å². The fraction of sp³-hybridized carbons (Fsp3) is 0.600. The Labute approximate surface area is 154 Å². The lowest BCUT2D eigenvalue weighted by Gasteiger charge is -2.27. The Bertz CT molecular complexity index is 634. The van der Waals surface area contributed by atoms with Crippen LogP contribution in [0.4, 0.5) is 0 Å². The van der Waals surface area contributed by atoms with Gasteiger partial charge in [-0.25, -0.2) is 4.79 Å². The smallest absolute Gasteiger partial charge is 0.339 e. The zero-order chi connectivity index (χ0) is 18.6. The van der Waals surface area contributed by atoms with Crippen LogP contribution >= 0.6 is 0 Å². The molecular weight excluding hydrogens is 334 g/mol. The SMILES string of the molecule is COC(=O)CC(O)(Cc1ccccc1)C(=O)OC[C@H]1CCN2CCC[C@H]12. The van der Waals surface area contributed by atoms with Crippen LogP contribution in [0.15, 0.2) is 30.3 Å². The molecule has 0 aromatic heterocycles. The largest absolute Gasteiger partial charge is 0.469 e. The maximum absolute atomic E-state index is 12.7. The number of nitrogens with zero attached hydrogens (tertiary/aromatic N) is 1. The molecule has 0 radical (unpaired) electrons. The molecule has 3 rings (SSSR count). The van der Waals surface area contributed by atoms with Gasteiger partial charge in [-0.2, -0.15) is 0 Å². The van der Waals surface area contributed by atoms with E-state index in [1.54, 1.807) is 0 Å². The van der Waals surface area contributed by atoms with Gasteiger partial charge in [-0.1, -0.05) is 30.3 Å². The van der Waals surface area contributed by atoms with Crippen molar-refractivity contribution >= 4 is 11.9 Å². The van der Waals surface area contributed by atoms with Crippen LogP contribution in [0.25, 0.3) is 0 Å². The average molecular weight is 361 g/mol. The molecule has 1 N–H and O–H groups in total. The van der Waals surface area contributed by atoms with Crippen LogP contribution in [0.3, 0.4) is 0 Å². The highest BCUT2D eigenvalue weighted by atomic mass is 16.6. The molecule has 2 aliphatic heterocycles. The summed E-state index contributed by atoms with van der Waals surface area (Å²) in [6.07, 6.45) is 2.93. The van der Waals surface area contributed by atoms with Crippen LogP contribution < -0.4 is 0 Å². The minimum atomic E-state index is -1.91. The molecule has 1 aromatic carbocycles. The summed E-state index contributed by atoms with van der Waals surface area (Å²) in [5, 5.41) is 10.9. The molecular formula is C20H27NO5. The van der Waals surface area contributed by atoms with Crippen LogP contribution in [0.5, 0.6) is 0 Å². The molecule has 2 heterocycles. The molecule has 1 aromatic rings. The lowest BCUT2D eigenvalue weighted by molar-refractivity contribution is -0.173. The molecule has 1 unspecified atom stereocenters. The van der Waals surface area contributed by atoms with Gasteiger partial charge in [-0.3, -0.25) is 9.69 Å². The van der Waals surface area contributed by atoms with E-state index in [2.05, 4.69) is 9.64 Å². The van der Waals surface area contributed by atoms with Gasteiger partial charge in [0, 0.05) is 18.4 Å². The van der Waals surface area contributed by atoms with Crippen molar-refractivity contribution < 1.29 is 24.2 Å². The third-order valence-corrected chi connectivity index (χ3v) is 5.56. The summed E-state index contributed by atoms with van der Waals surface area (Å²) in [7, 11) is 1.24. The molecule has 0 spiro atoms. The number of benzene rings is 1. The number of esters is 2. The van der Waals surface area contributed by atoms with Crippen molar-refractivity contribution in [2.75, 3.05) is 26.8 Å². The number of rotatable bonds is 7. The first-order valence-corrected chi connectivity index (χ1v) is 9.26. The number of ether oxygens (including phenoxy) is 2. The first kappa shape index (κ1) is 18.9. The molecule has 3 atom stereocenters. The summed E-state index contributed by atoms with van der Waals surface area (Å²) in [5.74, 6) is -1.08. The maximum atomic E-state index is 12.7. The summed E-state index contributed by atoms with van der Waals surface area (Å²) in [4.78, 5) is 26.9. The van der Waals surface area contributed by atoms with Crippen molar-refractivity contribution in [3.05, 3.63) is 35.9 Å². The lowest BCUT2D eigenvalue weighted by Crippen LogP contribution is -2.45. The monoisotopic (exact) mass is 361 g/mol. The number of carbonyl (C=O) groups excluding carboxylic acids is 2. The van der Waals surface area contributed by atoms with Gasteiger partial charge in [0.25, 0.3) is 0 Å². The molecule has 0 aliphatic carbocycles. The van der Waals surface area contributed by atoms with Gasteiger partial charge >= 0.3 is 11.9 Å². The molecule has 6 heteroatoms. The van der Waals surface area contributed by atoms with E-state index in [0.717, 1.165) is 31.5 Å². The van der Waals surface area contributed by atoms with E-state index in [1.165, 1.54) is 13.5 Å². The van der Waals surface area contributed by atoms with Crippen molar-refractivity contribution in [1.29, 1.82) is 0 Å². The zero-order valence-electron chi connectivity index (χ0n) is 15.2. The van der Waals surface area contributed by atoms with Crippen LogP contribution in [0.1, 0.15) is 31.2 Å². The highest BCUT2D eigenvalue weighted by molar-refractivity contribution is 5.86. The van der Waals surface area contributed by atoms with E-state index in [9.17, 15) is 14.7 Å². The second-order valence-electron chi connectivity index (χ2n) is 7.34. The van der Waals surface area contributed by atoms with Gasteiger partial charge < -0.3 is 14.6 Å². The highest BCUT2D eigenvalue weighted by Gasteiger charge is 2.43. The molecule has 0 amide bonds. The van der Waals surface area contributed by atoms with Crippen molar-refractivity contribution in [3.63, 3.8) is 0 Å². The minimum Gasteiger partial charge on any atom is -0.469 e. The Morgan fingerprint density at radius 3 is 2.73 bits per heavy atom. The van der Waals surface area contributed by atoms with Crippen molar-refractivity contribution in [3.8, 4) is 0 Å². The Hall–Kier alpha value is -1.92. The number of hydrogen-bond donors (Lipinski definition) is 1. The second kappa shape index (κ2) is 8.18. The second-order valence-corrected chi connectivity index (χ2v) is 7.34. The predicted octanol–water partition coefficient (Wildman–Crippen LogP) is 1.55. The fourth-order valence-electron chi connectivity index (χ4n) is 4.15. The van der Waals surface area contributed by atoms with Crippen molar-refractivity contribution in [2.24, 2.45) is 5.92 Å². The van der Waals surface area contributed by atoms with Gasteiger partial charge in [-0.15, -0.1) is 0 Å². The molecule has 6 nitrogen and oxygen atoms in total. The van der Waals surface area contributed by atoms with Gasteiger partial charge in [0.2, 0.25) is 0 Å². The third-order valence-electron chi connectivity index (χ3n) is 5.56. The van der Waals surface area contributed by atoms with Gasteiger partial charge in [0.05, 0.1) is 20.1 Å². The fourth-order valence-corrected chi connectivity index (χ4v) is 4.15. The Kier molecular flexibility index (Phi) is 5.94. The summed E-state index contributed by atoms with van der Waals surface area (Å²) >= 11 is 0. The number of hydrogen-bond acceptors (Lipinski definition) is 6. The zero-order valence-corrected chi connectivity index (χ0v) is 15.2. The maximum Gasteiger partial charge on any atom is 0.339 e. The quantitative estimate of drug-likeness (QED) is 0.743. The first-order valence-electron chi connectivity index (χ1n) is 9.26. The van der Waals surface area contributed by atoms with E-state index < -0.39 is 24.0 Å². The minimum absolute atomic E-state index is 0.0159. The summed E-state index contributed by atoms with van der Waals surface area (Å²) < 4.78 is 10.1. The van der Waals surface area contributed by atoms with E-state index in [0.29, 0.717) is 12.0 Å². The van der Waals surface area contributed by atoms with Gasteiger partial charge in [-0.05, 0) is 37.9 Å². The number of aliphatic hydroxyl groups is 1. The normalized spacial score (nSPS) is 24.7.